The lowest BCUT2D eigenvalue weighted by atomic mass is 10.0. The second-order valence-corrected chi connectivity index (χ2v) is 8.24. The molecule has 1 aliphatic heterocycles. The normalized spacial score (nSPS) is 15.3. The molecule has 1 atom stereocenters. The quantitative estimate of drug-likeness (QED) is 0.676. The Balaban J connectivity index is 1.36. The van der Waals surface area contributed by atoms with Crippen LogP contribution in [-0.2, 0) is 4.79 Å². The van der Waals surface area contributed by atoms with Crippen molar-refractivity contribution in [2.45, 2.75) is 13.0 Å². The van der Waals surface area contributed by atoms with Gasteiger partial charge in [-0.15, -0.1) is 11.3 Å². The van der Waals surface area contributed by atoms with Gasteiger partial charge < -0.3 is 15.1 Å². The van der Waals surface area contributed by atoms with Gasteiger partial charge in [-0.2, -0.15) is 0 Å². The van der Waals surface area contributed by atoms with Crippen molar-refractivity contribution in [3.8, 4) is 0 Å². The molecule has 0 aliphatic carbocycles. The number of carbonyl (C=O) groups excluding carboxylic acids is 1. The Hall–Kier alpha value is -2.77. The van der Waals surface area contributed by atoms with Crippen molar-refractivity contribution in [2.24, 2.45) is 0 Å². The molecular formula is C22H26N5OS+. The number of thiophene rings is 1. The Morgan fingerprint density at radius 1 is 1.07 bits per heavy atom. The van der Waals surface area contributed by atoms with Gasteiger partial charge in [0, 0.05) is 44.1 Å². The molecule has 3 heterocycles. The number of hydrogen-bond acceptors (Lipinski definition) is 5. The average Bonchev–Trinajstić information content (AvgIpc) is 3.30. The van der Waals surface area contributed by atoms with Gasteiger partial charge in [0.2, 0.25) is 5.95 Å². The van der Waals surface area contributed by atoms with Crippen LogP contribution >= 0.6 is 11.3 Å². The molecule has 0 bridgehead atoms. The van der Waals surface area contributed by atoms with Crippen LogP contribution in [-0.4, -0.2) is 53.5 Å². The Labute approximate surface area is 175 Å². The number of piperazine rings is 1. The molecule has 1 fully saturated rings. The molecule has 3 aromatic rings. The third-order valence-corrected chi connectivity index (χ3v) is 6.24. The second-order valence-electron chi connectivity index (χ2n) is 7.26. The fraction of sp³-hybridized carbons (Fsp3) is 0.318. The second kappa shape index (κ2) is 9.15. The van der Waals surface area contributed by atoms with Crippen LogP contribution in [0, 0.1) is 6.92 Å². The highest BCUT2D eigenvalue weighted by molar-refractivity contribution is 7.10. The van der Waals surface area contributed by atoms with E-state index in [1.165, 1.54) is 16.0 Å². The summed E-state index contributed by atoms with van der Waals surface area (Å²) in [5, 5.41) is 4.25. The van der Waals surface area contributed by atoms with Crippen molar-refractivity contribution in [1.82, 2.24) is 14.9 Å². The minimum absolute atomic E-state index is 0.151. The first-order valence-electron chi connectivity index (χ1n) is 9.94. The first-order chi connectivity index (χ1) is 14.2. The maximum absolute atomic E-state index is 12.8. The van der Waals surface area contributed by atoms with Gasteiger partial charge in [-0.1, -0.05) is 35.9 Å². The number of quaternary nitrogens is 1. The zero-order valence-corrected chi connectivity index (χ0v) is 17.4. The minimum atomic E-state index is 0.151. The highest BCUT2D eigenvalue weighted by Gasteiger charge is 2.25. The molecule has 2 N–H and O–H groups in total. The smallest absolute Gasteiger partial charge is 0.277 e. The number of amides is 1. The largest absolute Gasteiger partial charge is 0.337 e. The van der Waals surface area contributed by atoms with E-state index >= 15 is 0 Å². The fourth-order valence-electron chi connectivity index (χ4n) is 3.62. The maximum Gasteiger partial charge on any atom is 0.277 e. The fourth-order valence-corrected chi connectivity index (χ4v) is 4.47. The summed E-state index contributed by atoms with van der Waals surface area (Å²) >= 11 is 1.74. The zero-order chi connectivity index (χ0) is 20.1. The Morgan fingerprint density at radius 3 is 2.45 bits per heavy atom. The number of aryl methyl sites for hydroxylation is 1. The van der Waals surface area contributed by atoms with E-state index in [4.69, 9.17) is 0 Å². The van der Waals surface area contributed by atoms with Crippen LogP contribution in [0.5, 0.6) is 0 Å². The molecular weight excluding hydrogens is 382 g/mol. The molecule has 6 nitrogen and oxygen atoms in total. The van der Waals surface area contributed by atoms with Gasteiger partial charge in [0.1, 0.15) is 6.04 Å². The van der Waals surface area contributed by atoms with Crippen LogP contribution in [0.1, 0.15) is 22.0 Å². The van der Waals surface area contributed by atoms with E-state index in [9.17, 15) is 4.79 Å². The Bertz CT molecular complexity index is 906. The van der Waals surface area contributed by atoms with Crippen LogP contribution < -0.4 is 10.2 Å². The van der Waals surface area contributed by atoms with Gasteiger partial charge in [-0.3, -0.25) is 4.79 Å². The van der Waals surface area contributed by atoms with Gasteiger partial charge in [-0.05, 0) is 24.4 Å². The Morgan fingerprint density at radius 2 is 1.79 bits per heavy atom. The average molecular weight is 409 g/mol. The van der Waals surface area contributed by atoms with E-state index < -0.39 is 0 Å². The van der Waals surface area contributed by atoms with Crippen LogP contribution in [0.2, 0.25) is 0 Å². The molecule has 150 valence electrons. The van der Waals surface area contributed by atoms with Crippen molar-refractivity contribution < 1.29 is 10.1 Å². The number of rotatable bonds is 6. The summed E-state index contributed by atoms with van der Waals surface area (Å²) < 4.78 is 0. The van der Waals surface area contributed by atoms with Crippen molar-refractivity contribution in [2.75, 3.05) is 37.6 Å². The molecule has 0 spiro atoms. The molecule has 1 aliphatic rings. The van der Waals surface area contributed by atoms with Crippen molar-refractivity contribution >= 4 is 23.2 Å². The molecule has 0 radical (unpaired) electrons. The highest BCUT2D eigenvalue weighted by Crippen LogP contribution is 2.23. The SMILES string of the molecule is Cc1ccc([C@H]([NH2+]CC(=O)N2CCN(c3ncccn3)CC2)c2cccs2)cc1. The first kappa shape index (κ1) is 19.5. The topological polar surface area (TPSA) is 65.9 Å². The van der Waals surface area contributed by atoms with Gasteiger partial charge in [0.05, 0.1) is 4.88 Å². The Kier molecular flexibility index (Phi) is 6.17. The molecule has 0 unspecified atom stereocenters. The molecule has 1 amide bonds. The molecule has 1 aromatic carbocycles. The van der Waals surface area contributed by atoms with Gasteiger partial charge in [0.25, 0.3) is 5.91 Å². The van der Waals surface area contributed by atoms with E-state index in [1.54, 1.807) is 23.7 Å². The molecule has 4 rings (SSSR count). The van der Waals surface area contributed by atoms with Crippen LogP contribution in [0.4, 0.5) is 5.95 Å². The molecule has 2 aromatic heterocycles. The summed E-state index contributed by atoms with van der Waals surface area (Å²) in [5.41, 5.74) is 2.48. The number of nitrogens with two attached hydrogens (primary N) is 1. The van der Waals surface area contributed by atoms with Gasteiger partial charge in [0.15, 0.2) is 6.54 Å². The van der Waals surface area contributed by atoms with E-state index in [1.807, 2.05) is 11.0 Å². The molecule has 1 saturated heterocycles. The third-order valence-electron chi connectivity index (χ3n) is 5.28. The van der Waals surface area contributed by atoms with E-state index in [2.05, 4.69) is 68.9 Å². The lowest BCUT2D eigenvalue weighted by Gasteiger charge is -2.34. The number of nitrogens with zero attached hydrogens (tertiary/aromatic N) is 4. The summed E-state index contributed by atoms with van der Waals surface area (Å²) in [5.74, 6) is 0.926. The van der Waals surface area contributed by atoms with E-state index in [0.29, 0.717) is 19.6 Å². The predicted molar refractivity (Wildman–Crippen MR) is 115 cm³/mol. The molecule has 29 heavy (non-hydrogen) atoms. The summed E-state index contributed by atoms with van der Waals surface area (Å²) in [7, 11) is 0. The number of anilines is 1. The van der Waals surface area contributed by atoms with Gasteiger partial charge >= 0.3 is 0 Å². The number of carbonyl (C=O) groups is 1. The summed E-state index contributed by atoms with van der Waals surface area (Å²) in [6, 6.07) is 14.8. The summed E-state index contributed by atoms with van der Waals surface area (Å²) in [6.07, 6.45) is 3.51. The zero-order valence-electron chi connectivity index (χ0n) is 16.6. The third kappa shape index (κ3) is 4.81. The first-order valence-corrected chi connectivity index (χ1v) is 10.8. The van der Waals surface area contributed by atoms with Gasteiger partial charge in [-0.25, -0.2) is 9.97 Å². The van der Waals surface area contributed by atoms with E-state index in [0.717, 1.165) is 19.0 Å². The van der Waals surface area contributed by atoms with Crippen LogP contribution in [0.3, 0.4) is 0 Å². The molecule has 0 saturated carbocycles. The van der Waals surface area contributed by atoms with Crippen molar-refractivity contribution in [1.29, 1.82) is 0 Å². The lowest BCUT2D eigenvalue weighted by molar-refractivity contribution is -0.676. The van der Waals surface area contributed by atoms with Crippen LogP contribution in [0.25, 0.3) is 0 Å². The standard InChI is InChI=1S/C22H25N5OS/c1-17-5-7-18(8-6-17)21(19-4-2-15-29-19)25-16-20(28)26-11-13-27(14-12-26)22-23-9-3-10-24-22/h2-10,15,21,25H,11-14,16H2,1H3/p+1/t21-/m0/s1. The molecule has 7 heteroatoms. The lowest BCUT2D eigenvalue weighted by Crippen LogP contribution is -2.87. The summed E-state index contributed by atoms with van der Waals surface area (Å²) in [6.45, 7) is 5.48. The van der Waals surface area contributed by atoms with Crippen molar-refractivity contribution in [3.63, 3.8) is 0 Å². The number of hydrogen-bond donors (Lipinski definition) is 1. The monoisotopic (exact) mass is 408 g/mol. The van der Waals surface area contributed by atoms with Crippen LogP contribution in [0.15, 0.2) is 60.2 Å². The predicted octanol–water partition coefficient (Wildman–Crippen LogP) is 1.85. The van der Waals surface area contributed by atoms with Crippen molar-refractivity contribution in [3.05, 3.63) is 76.2 Å². The summed E-state index contributed by atoms with van der Waals surface area (Å²) in [4.78, 5) is 26.8. The van der Waals surface area contributed by atoms with E-state index in [-0.39, 0.29) is 11.9 Å². The maximum atomic E-state index is 12.8. The number of benzene rings is 1. The number of aromatic nitrogens is 2. The minimum Gasteiger partial charge on any atom is -0.337 e. The highest BCUT2D eigenvalue weighted by atomic mass is 32.1.